The van der Waals surface area contributed by atoms with Crippen LogP contribution in [-0.2, 0) is 19.7 Å². The number of para-hydroxylation sites is 1. The van der Waals surface area contributed by atoms with Gasteiger partial charge in [0.25, 0.3) is 0 Å². The zero-order valence-corrected chi connectivity index (χ0v) is 20.5. The summed E-state index contributed by atoms with van der Waals surface area (Å²) in [7, 11) is 0. The van der Waals surface area contributed by atoms with Crippen LogP contribution in [0.5, 0.6) is 5.75 Å². The van der Waals surface area contributed by atoms with E-state index in [2.05, 4.69) is 20.8 Å². The van der Waals surface area contributed by atoms with Crippen LogP contribution >= 0.6 is 0 Å². The third-order valence-corrected chi connectivity index (χ3v) is 6.76. The summed E-state index contributed by atoms with van der Waals surface area (Å²) >= 11 is 0. The second-order valence-electron chi connectivity index (χ2n) is 10.3. The van der Waals surface area contributed by atoms with Crippen molar-refractivity contribution >= 4 is 22.7 Å². The quantitative estimate of drug-likeness (QED) is 0.363. The monoisotopic (exact) mass is 488 g/mol. The fraction of sp³-hybridized carbons (Fsp3) is 0.345. The van der Waals surface area contributed by atoms with Crippen LogP contribution in [0.4, 0.5) is 0 Å². The van der Waals surface area contributed by atoms with E-state index in [0.29, 0.717) is 36.0 Å². The average molecular weight is 489 g/mol. The van der Waals surface area contributed by atoms with Crippen LogP contribution in [0.1, 0.15) is 56.0 Å². The van der Waals surface area contributed by atoms with E-state index in [4.69, 9.17) is 18.6 Å². The minimum atomic E-state index is -0.739. The van der Waals surface area contributed by atoms with Gasteiger partial charge >= 0.3 is 11.6 Å². The molecule has 2 aromatic carbocycles. The van der Waals surface area contributed by atoms with Crippen molar-refractivity contribution in [2.45, 2.75) is 57.7 Å². The molecule has 7 heteroatoms. The van der Waals surface area contributed by atoms with Gasteiger partial charge in [-0.25, -0.2) is 9.59 Å². The highest BCUT2D eigenvalue weighted by molar-refractivity contribution is 5.96. The summed E-state index contributed by atoms with van der Waals surface area (Å²) in [6, 6.07) is 16.1. The van der Waals surface area contributed by atoms with Crippen LogP contribution in [0.2, 0.25) is 0 Å². The minimum absolute atomic E-state index is 0.0230. The number of benzene rings is 2. The number of hydrogen-bond donors (Lipinski definition) is 0. The van der Waals surface area contributed by atoms with E-state index in [0.717, 1.165) is 0 Å². The first-order valence-electron chi connectivity index (χ1n) is 12.1. The maximum absolute atomic E-state index is 13.1. The summed E-state index contributed by atoms with van der Waals surface area (Å²) in [5.41, 5.74) is 0.712. The van der Waals surface area contributed by atoms with Crippen molar-refractivity contribution in [1.29, 1.82) is 0 Å². The molecule has 1 aliphatic heterocycles. The molecule has 1 saturated carbocycles. The zero-order valence-electron chi connectivity index (χ0n) is 20.5. The number of allylic oxidation sites excluding steroid dienone is 1. The van der Waals surface area contributed by atoms with E-state index in [9.17, 15) is 14.4 Å². The summed E-state index contributed by atoms with van der Waals surface area (Å²) in [6.07, 6.45) is 1.77. The van der Waals surface area contributed by atoms with Crippen LogP contribution < -0.4 is 10.4 Å². The van der Waals surface area contributed by atoms with Gasteiger partial charge in [-0.05, 0) is 48.1 Å². The molecule has 3 unspecified atom stereocenters. The van der Waals surface area contributed by atoms with Crippen LogP contribution in [0.25, 0.3) is 11.0 Å². The van der Waals surface area contributed by atoms with Gasteiger partial charge in [-0.1, -0.05) is 51.1 Å². The van der Waals surface area contributed by atoms with Crippen LogP contribution in [0.3, 0.4) is 0 Å². The number of esters is 1. The van der Waals surface area contributed by atoms with E-state index in [1.54, 1.807) is 24.3 Å². The minimum Gasteiger partial charge on any atom is -0.493 e. The molecule has 36 heavy (non-hydrogen) atoms. The molecule has 0 amide bonds. The second kappa shape index (κ2) is 9.30. The number of Topliss-reactive ketones (excluding diaryl/α,β-unsaturated/α-hetero) is 1. The number of carbonyl (C=O) groups is 2. The van der Waals surface area contributed by atoms with Crippen molar-refractivity contribution in [3.63, 3.8) is 0 Å². The molecule has 1 aromatic heterocycles. The molecular weight excluding hydrogens is 460 g/mol. The van der Waals surface area contributed by atoms with Gasteiger partial charge in [0.15, 0.2) is 0 Å². The molecule has 5 rings (SSSR count). The number of carbonyl (C=O) groups excluding carboxylic acids is 2. The second-order valence-corrected chi connectivity index (χ2v) is 10.3. The van der Waals surface area contributed by atoms with Crippen molar-refractivity contribution < 1.29 is 28.2 Å². The van der Waals surface area contributed by atoms with Gasteiger partial charge in [0, 0.05) is 11.8 Å². The fourth-order valence-electron chi connectivity index (χ4n) is 4.68. The number of ether oxygens (including phenoxy) is 3. The predicted octanol–water partition coefficient (Wildman–Crippen LogP) is 5.30. The van der Waals surface area contributed by atoms with Gasteiger partial charge in [-0.15, -0.1) is 0 Å². The summed E-state index contributed by atoms with van der Waals surface area (Å²) in [6.45, 7) is 6.40. The van der Waals surface area contributed by atoms with E-state index < -0.39 is 23.8 Å². The lowest BCUT2D eigenvalue weighted by Gasteiger charge is -2.36. The van der Waals surface area contributed by atoms with Crippen LogP contribution in [0, 0.1) is 5.92 Å². The standard InChI is InChI=1S/C29H28O7/c1-29(2,3)18-8-10-19(11-9-18)34-25-16-33-24-15-20(12-13-21(24)26(25)30)35-27(31)22-14-17-6-4-5-7-23(17)36-28(22)32/h4-11,14,16,20-21,24H,12-13,15H2,1-3H3. The molecule has 0 radical (unpaired) electrons. The highest BCUT2D eigenvalue weighted by atomic mass is 16.6. The summed E-state index contributed by atoms with van der Waals surface area (Å²) in [5, 5.41) is 0.639. The van der Waals surface area contributed by atoms with Gasteiger partial charge in [0.05, 0.1) is 5.92 Å². The van der Waals surface area contributed by atoms with E-state index >= 15 is 0 Å². The lowest BCUT2D eigenvalue weighted by molar-refractivity contribution is -0.132. The lowest BCUT2D eigenvalue weighted by Crippen LogP contribution is -2.43. The maximum Gasteiger partial charge on any atom is 0.351 e. The third-order valence-electron chi connectivity index (χ3n) is 6.76. The highest BCUT2D eigenvalue weighted by Gasteiger charge is 2.42. The number of hydrogen-bond acceptors (Lipinski definition) is 7. The largest absolute Gasteiger partial charge is 0.493 e. The summed E-state index contributed by atoms with van der Waals surface area (Å²) in [5.74, 6) is -0.491. The Bertz CT molecular complexity index is 1390. The molecule has 2 aliphatic rings. The van der Waals surface area contributed by atoms with Crippen LogP contribution in [0.15, 0.2) is 75.8 Å². The normalized spacial score (nSPS) is 21.8. The first kappa shape index (κ1) is 23.9. The Labute approximate surface area is 208 Å². The van der Waals surface area contributed by atoms with Crippen LogP contribution in [-0.4, -0.2) is 24.0 Å². The van der Waals surface area contributed by atoms with E-state index in [1.165, 1.54) is 17.9 Å². The third kappa shape index (κ3) is 4.78. The Morgan fingerprint density at radius 2 is 1.75 bits per heavy atom. The zero-order chi connectivity index (χ0) is 25.4. The van der Waals surface area contributed by atoms with Gasteiger partial charge in [0.2, 0.25) is 11.5 Å². The first-order chi connectivity index (χ1) is 17.2. The Morgan fingerprint density at radius 1 is 1.00 bits per heavy atom. The van der Waals surface area contributed by atoms with Gasteiger partial charge < -0.3 is 18.6 Å². The molecule has 0 N–H and O–H groups in total. The molecule has 0 spiro atoms. The maximum atomic E-state index is 13.1. The fourth-order valence-corrected chi connectivity index (χ4v) is 4.68. The topological polar surface area (TPSA) is 92.0 Å². The molecule has 1 fully saturated rings. The molecule has 7 nitrogen and oxygen atoms in total. The molecule has 186 valence electrons. The Hall–Kier alpha value is -3.87. The number of rotatable bonds is 4. The smallest absolute Gasteiger partial charge is 0.351 e. The molecule has 2 heterocycles. The SMILES string of the molecule is CC(C)(C)c1ccc(OC2=COC3CC(OC(=O)c4cc5ccccc5oc4=O)CCC3C2=O)cc1. The van der Waals surface area contributed by atoms with Gasteiger partial charge in [0.1, 0.15) is 35.4 Å². The summed E-state index contributed by atoms with van der Waals surface area (Å²) in [4.78, 5) is 38.1. The molecule has 3 atom stereocenters. The van der Waals surface area contributed by atoms with Crippen molar-refractivity contribution in [2.24, 2.45) is 5.92 Å². The predicted molar refractivity (Wildman–Crippen MR) is 133 cm³/mol. The van der Waals surface area contributed by atoms with Gasteiger partial charge in [-0.2, -0.15) is 0 Å². The Kier molecular flexibility index (Phi) is 6.16. The van der Waals surface area contributed by atoms with Crippen molar-refractivity contribution in [3.05, 3.63) is 88.2 Å². The molecule has 3 aromatic rings. The highest BCUT2D eigenvalue weighted by Crippen LogP contribution is 2.35. The summed E-state index contributed by atoms with van der Waals surface area (Å²) < 4.78 is 22.5. The average Bonchev–Trinajstić information content (AvgIpc) is 2.85. The molecule has 0 bridgehead atoms. The number of fused-ring (bicyclic) bond motifs is 2. The Balaban J connectivity index is 1.23. The van der Waals surface area contributed by atoms with Gasteiger partial charge in [-0.3, -0.25) is 4.79 Å². The lowest BCUT2D eigenvalue weighted by atomic mass is 9.80. The van der Waals surface area contributed by atoms with Crippen molar-refractivity contribution in [3.8, 4) is 5.75 Å². The van der Waals surface area contributed by atoms with Crippen molar-refractivity contribution in [1.82, 2.24) is 0 Å². The number of ketones is 1. The Morgan fingerprint density at radius 3 is 2.50 bits per heavy atom. The van der Waals surface area contributed by atoms with E-state index in [-0.39, 0.29) is 28.4 Å². The van der Waals surface area contributed by atoms with Crippen molar-refractivity contribution in [2.75, 3.05) is 0 Å². The molecular formula is C29H28O7. The first-order valence-corrected chi connectivity index (χ1v) is 12.1. The molecule has 1 aliphatic carbocycles. The molecule has 0 saturated heterocycles. The van der Waals surface area contributed by atoms with E-state index in [1.807, 2.05) is 24.3 Å².